The zero-order valence-corrected chi connectivity index (χ0v) is 8.39. The molecule has 1 N–H and O–H groups in total. The summed E-state index contributed by atoms with van der Waals surface area (Å²) in [6.07, 6.45) is 1.78. The molecule has 0 spiro atoms. The first-order chi connectivity index (χ1) is 7.77. The average Bonchev–Trinajstić information content (AvgIpc) is 2.30. The number of para-hydroxylation sites is 1. The molecule has 2 nitrogen and oxygen atoms in total. The number of aromatic hydroxyl groups is 1. The van der Waals surface area contributed by atoms with E-state index in [1.165, 1.54) is 6.07 Å². The Kier molecular flexibility index (Phi) is 1.80. The number of fused-ring (bicyclic) bond motifs is 3. The van der Waals surface area contributed by atoms with E-state index in [1.54, 1.807) is 28.8 Å². The number of hydrogen-bond donors (Lipinski definition) is 1. The summed E-state index contributed by atoms with van der Waals surface area (Å²) in [6, 6.07) is 11.8. The van der Waals surface area contributed by atoms with Gasteiger partial charge >= 0.3 is 0 Å². The second-order valence-electron chi connectivity index (χ2n) is 3.66. The van der Waals surface area contributed by atoms with Crippen LogP contribution in [-0.4, -0.2) is 5.11 Å². The zero-order chi connectivity index (χ0) is 11.1. The first-order valence-electron chi connectivity index (χ1n) is 4.98. The molecule has 3 heteroatoms. The van der Waals surface area contributed by atoms with Crippen LogP contribution in [0, 0.1) is 5.82 Å². The molecule has 3 aromatic rings. The number of hydrogen-bond acceptors (Lipinski definition) is 1. The molecule has 2 aromatic heterocycles. The average molecular weight is 214 g/mol. The number of pyridine rings is 2. The van der Waals surface area contributed by atoms with Crippen molar-refractivity contribution in [3.05, 3.63) is 54.5 Å². The number of aromatic nitrogens is 1. The van der Waals surface area contributed by atoms with Crippen LogP contribution in [0.2, 0.25) is 0 Å². The molecule has 78 valence electrons. The normalized spacial score (nSPS) is 11.1. The number of nitrogens with zero attached hydrogens (tertiary/aromatic N) is 1. The fourth-order valence-corrected chi connectivity index (χ4v) is 1.96. The first kappa shape index (κ1) is 9.09. The van der Waals surface area contributed by atoms with Gasteiger partial charge in [0.15, 0.2) is 12.0 Å². The second-order valence-corrected chi connectivity index (χ2v) is 3.66. The van der Waals surface area contributed by atoms with Gasteiger partial charge in [0.25, 0.3) is 5.52 Å². The first-order valence-corrected chi connectivity index (χ1v) is 4.98. The van der Waals surface area contributed by atoms with Crippen molar-refractivity contribution in [1.29, 1.82) is 0 Å². The van der Waals surface area contributed by atoms with Gasteiger partial charge in [0.05, 0.1) is 11.5 Å². The van der Waals surface area contributed by atoms with E-state index in [1.807, 2.05) is 18.2 Å². The van der Waals surface area contributed by atoms with E-state index in [2.05, 4.69) is 0 Å². The van der Waals surface area contributed by atoms with Crippen LogP contribution in [0.25, 0.3) is 16.4 Å². The zero-order valence-electron chi connectivity index (χ0n) is 8.39. The van der Waals surface area contributed by atoms with Crippen molar-refractivity contribution in [2.24, 2.45) is 0 Å². The SMILES string of the molecule is Oc1cc2cccc[n+]2c2c(F)cccc12. The summed E-state index contributed by atoms with van der Waals surface area (Å²) in [4.78, 5) is 0. The third kappa shape index (κ3) is 1.15. The Morgan fingerprint density at radius 3 is 2.81 bits per heavy atom. The fourth-order valence-electron chi connectivity index (χ4n) is 1.96. The van der Waals surface area contributed by atoms with Crippen LogP contribution in [0.4, 0.5) is 4.39 Å². The summed E-state index contributed by atoms with van der Waals surface area (Å²) in [5.41, 5.74) is 1.16. The third-order valence-electron chi connectivity index (χ3n) is 2.68. The molecule has 0 aliphatic carbocycles. The lowest BCUT2D eigenvalue weighted by molar-refractivity contribution is -0.483. The van der Waals surface area contributed by atoms with Gasteiger partial charge in [-0.05, 0) is 18.2 Å². The minimum Gasteiger partial charge on any atom is -0.507 e. The van der Waals surface area contributed by atoms with Gasteiger partial charge in [0.1, 0.15) is 5.75 Å². The van der Waals surface area contributed by atoms with E-state index >= 15 is 0 Å². The lowest BCUT2D eigenvalue weighted by Crippen LogP contribution is -2.23. The van der Waals surface area contributed by atoms with E-state index in [-0.39, 0.29) is 11.6 Å². The summed E-state index contributed by atoms with van der Waals surface area (Å²) in [7, 11) is 0. The van der Waals surface area contributed by atoms with Crippen molar-refractivity contribution in [2.75, 3.05) is 0 Å². The van der Waals surface area contributed by atoms with E-state index < -0.39 is 0 Å². The van der Waals surface area contributed by atoms with Gasteiger partial charge < -0.3 is 5.11 Å². The summed E-state index contributed by atoms with van der Waals surface area (Å²) in [6.45, 7) is 0. The minimum absolute atomic E-state index is 0.0979. The molecule has 0 atom stereocenters. The lowest BCUT2D eigenvalue weighted by atomic mass is 10.1. The third-order valence-corrected chi connectivity index (χ3v) is 2.68. The Labute approximate surface area is 91.2 Å². The van der Waals surface area contributed by atoms with Gasteiger partial charge in [0.2, 0.25) is 5.52 Å². The van der Waals surface area contributed by atoms with Gasteiger partial charge in [-0.1, -0.05) is 6.07 Å². The molecule has 0 saturated carbocycles. The molecule has 0 fully saturated rings. The maximum atomic E-state index is 13.8. The van der Waals surface area contributed by atoms with E-state index in [4.69, 9.17) is 0 Å². The number of halogens is 1. The molecule has 0 saturated heterocycles. The van der Waals surface area contributed by atoms with E-state index in [9.17, 15) is 9.50 Å². The van der Waals surface area contributed by atoms with Crippen molar-refractivity contribution in [3.63, 3.8) is 0 Å². The predicted molar refractivity (Wildman–Crippen MR) is 58.7 cm³/mol. The van der Waals surface area contributed by atoms with Crippen molar-refractivity contribution in [3.8, 4) is 5.75 Å². The molecule has 1 aromatic carbocycles. The smallest absolute Gasteiger partial charge is 0.258 e. The van der Waals surface area contributed by atoms with Gasteiger partial charge in [-0.15, -0.1) is 0 Å². The fraction of sp³-hybridized carbons (Fsp3) is 0. The molecule has 0 aliphatic heterocycles. The Balaban J connectivity index is 2.67. The molecular weight excluding hydrogens is 205 g/mol. The van der Waals surface area contributed by atoms with E-state index in [0.717, 1.165) is 5.52 Å². The summed E-state index contributed by atoms with van der Waals surface area (Å²) in [5, 5.41) is 10.3. The molecule has 16 heavy (non-hydrogen) atoms. The maximum Gasteiger partial charge on any atom is 0.258 e. The Morgan fingerprint density at radius 1 is 1.06 bits per heavy atom. The topological polar surface area (TPSA) is 24.3 Å². The molecule has 0 bridgehead atoms. The van der Waals surface area contributed by atoms with Crippen LogP contribution in [0.15, 0.2) is 48.7 Å². The monoisotopic (exact) mass is 214 g/mol. The minimum atomic E-state index is -0.338. The predicted octanol–water partition coefficient (Wildman–Crippen LogP) is 2.42. The highest BCUT2D eigenvalue weighted by Crippen LogP contribution is 2.24. The molecular formula is C13H9FNO+. The highest BCUT2D eigenvalue weighted by Gasteiger charge is 2.16. The molecule has 2 heterocycles. The maximum absolute atomic E-state index is 13.8. The summed E-state index contributed by atoms with van der Waals surface area (Å²) >= 11 is 0. The van der Waals surface area contributed by atoms with Crippen molar-refractivity contribution < 1.29 is 13.9 Å². The van der Waals surface area contributed by atoms with Gasteiger partial charge in [-0.25, -0.2) is 0 Å². The lowest BCUT2D eigenvalue weighted by Gasteiger charge is -2.00. The van der Waals surface area contributed by atoms with Gasteiger partial charge in [-0.2, -0.15) is 8.79 Å². The van der Waals surface area contributed by atoms with Crippen LogP contribution in [-0.2, 0) is 0 Å². The van der Waals surface area contributed by atoms with Crippen molar-refractivity contribution in [1.82, 2.24) is 0 Å². The largest absolute Gasteiger partial charge is 0.507 e. The molecule has 0 radical (unpaired) electrons. The van der Waals surface area contributed by atoms with Crippen LogP contribution < -0.4 is 4.40 Å². The second kappa shape index (κ2) is 3.17. The molecule has 0 aliphatic rings. The van der Waals surface area contributed by atoms with Crippen LogP contribution in [0.5, 0.6) is 5.75 Å². The van der Waals surface area contributed by atoms with Crippen molar-refractivity contribution in [2.45, 2.75) is 0 Å². The molecule has 3 rings (SSSR count). The Hall–Kier alpha value is -2.16. The van der Waals surface area contributed by atoms with E-state index in [0.29, 0.717) is 10.9 Å². The standard InChI is InChI=1S/C13H8FNO/c14-11-6-3-5-10-12(16)8-9-4-1-2-7-15(9)13(10)11/h1-8H/p+1. The highest BCUT2D eigenvalue weighted by atomic mass is 19.1. The summed E-state index contributed by atoms with van der Waals surface area (Å²) in [5.74, 6) is -0.240. The van der Waals surface area contributed by atoms with Crippen molar-refractivity contribution >= 4 is 16.4 Å². The van der Waals surface area contributed by atoms with Gasteiger partial charge in [-0.3, -0.25) is 0 Å². The van der Waals surface area contributed by atoms with Crippen LogP contribution in [0.1, 0.15) is 0 Å². The van der Waals surface area contributed by atoms with Crippen LogP contribution in [0.3, 0.4) is 0 Å². The number of benzene rings is 1. The molecule has 0 amide bonds. The van der Waals surface area contributed by atoms with Gasteiger partial charge in [0, 0.05) is 12.1 Å². The number of rotatable bonds is 0. The summed E-state index contributed by atoms with van der Waals surface area (Å²) < 4.78 is 15.5. The molecule has 0 unspecified atom stereocenters. The highest BCUT2D eigenvalue weighted by molar-refractivity contribution is 5.84. The Bertz CT molecular complexity index is 694. The quantitative estimate of drug-likeness (QED) is 0.451. The Morgan fingerprint density at radius 2 is 1.94 bits per heavy atom. The van der Waals surface area contributed by atoms with Crippen LogP contribution >= 0.6 is 0 Å².